The number of thiophene rings is 1. The molecule has 0 bridgehead atoms. The number of hydrogen-bond acceptors (Lipinski definition) is 2. The van der Waals surface area contributed by atoms with Crippen LogP contribution in [0.1, 0.15) is 43.2 Å². The molecule has 3 heteroatoms. The maximum atomic E-state index is 5.53. The fraction of sp³-hybridized carbons (Fsp3) is 0.538. The predicted molar refractivity (Wildman–Crippen MR) is 73.7 cm³/mol. The lowest BCUT2D eigenvalue weighted by Gasteiger charge is -2.30. The quantitative estimate of drug-likeness (QED) is 0.817. The number of hydrogen-bond donors (Lipinski definition) is 1. The van der Waals surface area contributed by atoms with Gasteiger partial charge in [0, 0.05) is 10.9 Å². The minimum Gasteiger partial charge on any atom is -0.295 e. The monoisotopic (exact) mass is 297 g/mol. The van der Waals surface area contributed by atoms with E-state index in [1.807, 2.05) is 11.3 Å². The first-order chi connectivity index (χ1) is 7.52. The smallest absolute Gasteiger partial charge is 0.0746 e. The summed E-state index contributed by atoms with van der Waals surface area (Å²) in [5.41, 5.74) is 1.21. The lowest BCUT2D eigenvalue weighted by atomic mass is 9.91. The Labute approximate surface area is 110 Å². The van der Waals surface area contributed by atoms with Gasteiger partial charge >= 0.3 is 0 Å². The first kappa shape index (κ1) is 12.2. The van der Waals surface area contributed by atoms with Crippen LogP contribution in [-0.4, -0.2) is 5.54 Å². The van der Waals surface area contributed by atoms with Gasteiger partial charge in [0.15, 0.2) is 0 Å². The zero-order valence-electron chi connectivity index (χ0n) is 9.64. The van der Waals surface area contributed by atoms with Crippen molar-refractivity contribution in [2.75, 3.05) is 0 Å². The van der Waals surface area contributed by atoms with Gasteiger partial charge < -0.3 is 0 Å². The summed E-state index contributed by atoms with van der Waals surface area (Å²) < 4.78 is 1.23. The van der Waals surface area contributed by atoms with Crippen molar-refractivity contribution >= 4 is 27.3 Å². The number of halogens is 1. The minimum absolute atomic E-state index is 0.228. The molecule has 0 aromatic carbocycles. The van der Waals surface area contributed by atoms with E-state index in [4.69, 9.17) is 6.42 Å². The van der Waals surface area contributed by atoms with E-state index in [1.165, 1.54) is 33.5 Å². The summed E-state index contributed by atoms with van der Waals surface area (Å²) >= 11 is 5.42. The molecule has 1 nitrogen and oxygen atoms in total. The molecule has 16 heavy (non-hydrogen) atoms. The van der Waals surface area contributed by atoms with Gasteiger partial charge in [-0.15, -0.1) is 17.8 Å². The summed E-state index contributed by atoms with van der Waals surface area (Å²) in [4.78, 5) is 1.50. The molecule has 0 amide bonds. The Morgan fingerprint density at radius 1 is 1.62 bits per heavy atom. The molecule has 0 radical (unpaired) electrons. The van der Waals surface area contributed by atoms with Gasteiger partial charge in [-0.1, -0.05) is 5.92 Å². The molecular weight excluding hydrogens is 282 g/mol. The van der Waals surface area contributed by atoms with E-state index < -0.39 is 0 Å². The molecule has 1 unspecified atom stereocenters. The molecule has 0 spiro atoms. The van der Waals surface area contributed by atoms with Crippen LogP contribution < -0.4 is 5.32 Å². The van der Waals surface area contributed by atoms with Crippen molar-refractivity contribution in [3.8, 4) is 12.3 Å². The zero-order valence-corrected chi connectivity index (χ0v) is 12.0. The Morgan fingerprint density at radius 2 is 2.38 bits per heavy atom. The van der Waals surface area contributed by atoms with Crippen molar-refractivity contribution in [2.24, 2.45) is 0 Å². The Morgan fingerprint density at radius 3 is 3.06 bits per heavy atom. The number of fused-ring (bicyclic) bond motifs is 1. The number of terminal acetylenes is 1. The third kappa shape index (κ3) is 2.51. The van der Waals surface area contributed by atoms with Crippen LogP contribution in [0.25, 0.3) is 0 Å². The van der Waals surface area contributed by atoms with Gasteiger partial charge in [-0.25, -0.2) is 0 Å². The van der Waals surface area contributed by atoms with Crippen LogP contribution in [-0.2, 0) is 6.42 Å². The standard InChI is InChI=1S/C13H16BrNS/c1-4-13(2,3)15-10-6-5-7-11-9(10)8-12(14)16-11/h1,8,10,15H,5-7H2,2-3H3. The van der Waals surface area contributed by atoms with Gasteiger partial charge in [0.1, 0.15) is 0 Å². The summed E-state index contributed by atoms with van der Waals surface area (Å²) in [5, 5.41) is 3.56. The van der Waals surface area contributed by atoms with Crippen molar-refractivity contribution in [1.82, 2.24) is 5.32 Å². The summed E-state index contributed by atoms with van der Waals surface area (Å²) in [6.07, 6.45) is 9.17. The highest BCUT2D eigenvalue weighted by molar-refractivity contribution is 9.11. The van der Waals surface area contributed by atoms with Crippen LogP contribution in [0, 0.1) is 12.3 Å². The summed E-state index contributed by atoms with van der Waals surface area (Å²) in [6, 6.07) is 2.65. The van der Waals surface area contributed by atoms with Crippen LogP contribution in [0.4, 0.5) is 0 Å². The van der Waals surface area contributed by atoms with Crippen molar-refractivity contribution in [3.05, 3.63) is 20.3 Å². The molecule has 1 heterocycles. The van der Waals surface area contributed by atoms with Crippen molar-refractivity contribution in [1.29, 1.82) is 0 Å². The maximum Gasteiger partial charge on any atom is 0.0746 e. The van der Waals surface area contributed by atoms with E-state index >= 15 is 0 Å². The average Bonchev–Trinajstić information content (AvgIpc) is 2.59. The largest absolute Gasteiger partial charge is 0.295 e. The first-order valence-corrected chi connectivity index (χ1v) is 7.16. The molecule has 0 fully saturated rings. The molecule has 1 atom stereocenters. The second kappa shape index (κ2) is 4.52. The maximum absolute atomic E-state index is 5.53. The number of rotatable bonds is 2. The Hall–Kier alpha value is -0.300. The second-order valence-electron chi connectivity index (χ2n) is 4.79. The highest BCUT2D eigenvalue weighted by atomic mass is 79.9. The van der Waals surface area contributed by atoms with Gasteiger partial charge in [0.2, 0.25) is 0 Å². The third-order valence-corrected chi connectivity index (χ3v) is 4.69. The van der Waals surface area contributed by atoms with E-state index in [0.717, 1.165) is 0 Å². The van der Waals surface area contributed by atoms with E-state index in [0.29, 0.717) is 6.04 Å². The molecule has 1 aromatic rings. The fourth-order valence-electron chi connectivity index (χ4n) is 2.15. The van der Waals surface area contributed by atoms with Gasteiger partial charge in [0.25, 0.3) is 0 Å². The Balaban J connectivity index is 2.23. The Kier molecular flexibility index (Phi) is 3.44. The number of aryl methyl sites for hydroxylation is 1. The first-order valence-electron chi connectivity index (χ1n) is 5.55. The highest BCUT2D eigenvalue weighted by Gasteiger charge is 2.26. The fourth-order valence-corrected chi connectivity index (χ4v) is 3.97. The lowest BCUT2D eigenvalue weighted by Crippen LogP contribution is -2.41. The van der Waals surface area contributed by atoms with E-state index in [2.05, 4.69) is 47.1 Å². The summed E-state index contributed by atoms with van der Waals surface area (Å²) in [7, 11) is 0. The van der Waals surface area contributed by atoms with Crippen LogP contribution in [0.15, 0.2) is 9.85 Å². The predicted octanol–water partition coefficient (Wildman–Crippen LogP) is 3.89. The molecule has 0 saturated heterocycles. The summed E-state index contributed by atoms with van der Waals surface area (Å²) in [6.45, 7) is 4.12. The molecule has 1 N–H and O–H groups in total. The molecule has 1 aliphatic rings. The topological polar surface area (TPSA) is 12.0 Å². The van der Waals surface area contributed by atoms with E-state index in [-0.39, 0.29) is 5.54 Å². The normalized spacial score (nSPS) is 20.2. The van der Waals surface area contributed by atoms with Crippen molar-refractivity contribution in [3.63, 3.8) is 0 Å². The number of nitrogens with one attached hydrogen (secondary N) is 1. The summed E-state index contributed by atoms with van der Waals surface area (Å²) in [5.74, 6) is 2.81. The second-order valence-corrected chi connectivity index (χ2v) is 7.30. The van der Waals surface area contributed by atoms with Gasteiger partial charge in [-0.2, -0.15) is 0 Å². The molecule has 0 aliphatic heterocycles. The molecule has 1 aliphatic carbocycles. The van der Waals surface area contributed by atoms with Crippen LogP contribution in [0.3, 0.4) is 0 Å². The van der Waals surface area contributed by atoms with E-state index in [1.54, 1.807) is 0 Å². The third-order valence-electron chi connectivity index (χ3n) is 2.98. The molecule has 1 aromatic heterocycles. The van der Waals surface area contributed by atoms with Crippen LogP contribution in [0.2, 0.25) is 0 Å². The Bertz CT molecular complexity index is 428. The van der Waals surface area contributed by atoms with Gasteiger partial charge in [-0.3, -0.25) is 5.32 Å². The van der Waals surface area contributed by atoms with Crippen LogP contribution in [0.5, 0.6) is 0 Å². The van der Waals surface area contributed by atoms with Crippen molar-refractivity contribution < 1.29 is 0 Å². The molecule has 86 valence electrons. The molecule has 0 saturated carbocycles. The van der Waals surface area contributed by atoms with Crippen molar-refractivity contribution in [2.45, 2.75) is 44.7 Å². The van der Waals surface area contributed by atoms with Gasteiger partial charge in [0.05, 0.1) is 9.33 Å². The minimum atomic E-state index is -0.228. The molecular formula is C13H16BrNS. The highest BCUT2D eigenvalue weighted by Crippen LogP contribution is 2.38. The van der Waals surface area contributed by atoms with E-state index in [9.17, 15) is 0 Å². The average molecular weight is 298 g/mol. The lowest BCUT2D eigenvalue weighted by molar-refractivity contribution is 0.377. The van der Waals surface area contributed by atoms with Crippen LogP contribution >= 0.6 is 27.3 Å². The van der Waals surface area contributed by atoms with Gasteiger partial charge in [-0.05, 0) is 60.7 Å². The SMILES string of the molecule is C#CC(C)(C)NC1CCCc2sc(Br)cc21. The zero-order chi connectivity index (χ0) is 11.8. The molecule has 2 rings (SSSR count).